The smallest absolute Gasteiger partial charge is 0.235 e. The van der Waals surface area contributed by atoms with Crippen molar-refractivity contribution in [2.24, 2.45) is 0 Å². The number of nitrogens with zero attached hydrogens (tertiary/aromatic N) is 1. The number of amides is 1. The second-order valence-electron chi connectivity index (χ2n) is 7.82. The number of hydroxylamine groups is 2. The summed E-state index contributed by atoms with van der Waals surface area (Å²) in [5.74, 6) is -0.142. The lowest BCUT2D eigenvalue weighted by Crippen LogP contribution is -2.54. The first-order valence-electron chi connectivity index (χ1n) is 9.21. The molecule has 5 nitrogen and oxygen atoms in total. The number of Topliss-reactive ketones (excluding diaryl/α,β-unsaturated/α-hetero) is 1. The SMILES string of the molecule is CON1CCC2(CC1)NC(=O)C(c1cc(C3CC3)c(C)cc1C)C2=O. The number of aryl methyl sites for hydroxylation is 2. The molecule has 1 amide bonds. The van der Waals surface area contributed by atoms with E-state index in [1.807, 2.05) is 12.0 Å². The average molecular weight is 342 g/mol. The zero-order valence-electron chi connectivity index (χ0n) is 15.2. The topological polar surface area (TPSA) is 58.6 Å². The number of benzene rings is 1. The lowest BCUT2D eigenvalue weighted by atomic mass is 9.79. The normalized spacial score (nSPS) is 26.3. The maximum Gasteiger partial charge on any atom is 0.235 e. The van der Waals surface area contributed by atoms with Crippen molar-refractivity contribution in [3.05, 3.63) is 34.4 Å². The molecule has 1 aromatic carbocycles. The Bertz CT molecular complexity index is 731. The van der Waals surface area contributed by atoms with Crippen LogP contribution in [0.2, 0.25) is 0 Å². The van der Waals surface area contributed by atoms with Crippen LogP contribution in [0.25, 0.3) is 0 Å². The molecule has 25 heavy (non-hydrogen) atoms. The molecule has 2 heterocycles. The zero-order chi connectivity index (χ0) is 17.8. The molecule has 0 bridgehead atoms. The Morgan fingerprint density at radius 3 is 2.32 bits per heavy atom. The van der Waals surface area contributed by atoms with E-state index in [1.54, 1.807) is 7.11 Å². The van der Waals surface area contributed by atoms with E-state index in [9.17, 15) is 9.59 Å². The molecule has 1 aliphatic carbocycles. The van der Waals surface area contributed by atoms with Crippen molar-refractivity contribution in [1.29, 1.82) is 0 Å². The van der Waals surface area contributed by atoms with Gasteiger partial charge in [-0.15, -0.1) is 0 Å². The molecule has 0 radical (unpaired) electrons. The average Bonchev–Trinajstić information content (AvgIpc) is 3.39. The van der Waals surface area contributed by atoms with E-state index in [0.29, 0.717) is 31.8 Å². The van der Waals surface area contributed by atoms with Crippen LogP contribution in [0, 0.1) is 13.8 Å². The molecule has 2 saturated heterocycles. The number of rotatable bonds is 3. The summed E-state index contributed by atoms with van der Waals surface area (Å²) in [5, 5.41) is 4.90. The van der Waals surface area contributed by atoms with Crippen molar-refractivity contribution in [3.63, 3.8) is 0 Å². The molecular formula is C20H26N2O3. The van der Waals surface area contributed by atoms with E-state index in [1.165, 1.54) is 24.0 Å². The molecule has 1 N–H and O–H groups in total. The highest BCUT2D eigenvalue weighted by molar-refractivity contribution is 6.17. The second kappa shape index (κ2) is 5.92. The van der Waals surface area contributed by atoms with Gasteiger partial charge in [-0.2, -0.15) is 5.06 Å². The Balaban J connectivity index is 1.66. The van der Waals surface area contributed by atoms with Crippen LogP contribution in [-0.4, -0.2) is 42.5 Å². The van der Waals surface area contributed by atoms with Gasteiger partial charge in [0.05, 0.1) is 7.11 Å². The van der Waals surface area contributed by atoms with E-state index in [0.717, 1.165) is 11.1 Å². The first-order valence-corrected chi connectivity index (χ1v) is 9.21. The Hall–Kier alpha value is -1.72. The summed E-state index contributed by atoms with van der Waals surface area (Å²) in [6.07, 6.45) is 3.65. The van der Waals surface area contributed by atoms with Gasteiger partial charge >= 0.3 is 0 Å². The number of carbonyl (C=O) groups excluding carboxylic acids is 2. The summed E-state index contributed by atoms with van der Waals surface area (Å²) >= 11 is 0. The summed E-state index contributed by atoms with van der Waals surface area (Å²) in [7, 11) is 1.64. The van der Waals surface area contributed by atoms with E-state index < -0.39 is 11.5 Å². The fraction of sp³-hybridized carbons (Fsp3) is 0.600. The highest BCUT2D eigenvalue weighted by Gasteiger charge is 2.54. The van der Waals surface area contributed by atoms with Gasteiger partial charge in [0.1, 0.15) is 11.5 Å². The third-order valence-electron chi connectivity index (χ3n) is 6.18. The van der Waals surface area contributed by atoms with Gasteiger partial charge in [-0.25, -0.2) is 0 Å². The summed E-state index contributed by atoms with van der Waals surface area (Å²) in [6, 6.07) is 4.27. The minimum absolute atomic E-state index is 0.0435. The standard InChI is InChI=1S/C20H26N2O3/c1-12-10-13(2)16(11-15(12)14-4-5-14)17-18(23)20(21-19(17)24)6-8-22(25-3)9-7-20/h10-11,14,17H,4-9H2,1-3H3,(H,21,24). The molecule has 2 aliphatic heterocycles. The van der Waals surface area contributed by atoms with Gasteiger partial charge in [-0.3, -0.25) is 9.59 Å². The van der Waals surface area contributed by atoms with Crippen molar-refractivity contribution in [2.75, 3.05) is 20.2 Å². The second-order valence-corrected chi connectivity index (χ2v) is 7.82. The highest BCUT2D eigenvalue weighted by Crippen LogP contribution is 2.44. The van der Waals surface area contributed by atoms with E-state index in [4.69, 9.17) is 4.84 Å². The minimum atomic E-state index is -0.714. The highest BCUT2D eigenvalue weighted by atomic mass is 16.7. The Kier molecular flexibility index (Phi) is 3.96. The Morgan fingerprint density at radius 1 is 1.08 bits per heavy atom. The third-order valence-corrected chi connectivity index (χ3v) is 6.18. The fourth-order valence-corrected chi connectivity index (χ4v) is 4.50. The molecule has 1 atom stereocenters. The van der Waals surface area contributed by atoms with Gasteiger partial charge < -0.3 is 10.2 Å². The van der Waals surface area contributed by atoms with Crippen LogP contribution in [0.4, 0.5) is 0 Å². The van der Waals surface area contributed by atoms with Crippen LogP contribution in [0.5, 0.6) is 0 Å². The predicted molar refractivity (Wildman–Crippen MR) is 94.3 cm³/mol. The van der Waals surface area contributed by atoms with E-state index in [2.05, 4.69) is 24.4 Å². The number of ketones is 1. The molecular weight excluding hydrogens is 316 g/mol. The van der Waals surface area contributed by atoms with Gasteiger partial charge in [0.25, 0.3) is 0 Å². The van der Waals surface area contributed by atoms with Crippen molar-refractivity contribution in [3.8, 4) is 0 Å². The monoisotopic (exact) mass is 342 g/mol. The van der Waals surface area contributed by atoms with E-state index >= 15 is 0 Å². The molecule has 1 unspecified atom stereocenters. The molecule has 1 saturated carbocycles. The number of carbonyl (C=O) groups is 2. The van der Waals surface area contributed by atoms with Crippen LogP contribution >= 0.6 is 0 Å². The molecule has 0 aromatic heterocycles. The molecule has 3 aliphatic rings. The Labute approximate surface area is 148 Å². The molecule has 134 valence electrons. The van der Waals surface area contributed by atoms with Crippen molar-refractivity contribution in [1.82, 2.24) is 10.4 Å². The maximum atomic E-state index is 13.3. The largest absolute Gasteiger partial charge is 0.343 e. The minimum Gasteiger partial charge on any atom is -0.343 e. The van der Waals surface area contributed by atoms with Crippen LogP contribution in [0.3, 0.4) is 0 Å². The van der Waals surface area contributed by atoms with Crippen LogP contribution in [0.15, 0.2) is 12.1 Å². The van der Waals surface area contributed by atoms with Crippen molar-refractivity contribution >= 4 is 11.7 Å². The van der Waals surface area contributed by atoms with Crippen LogP contribution in [-0.2, 0) is 14.4 Å². The predicted octanol–water partition coefficient (Wildman–Crippen LogP) is 2.36. The first kappa shape index (κ1) is 16.7. The van der Waals surface area contributed by atoms with Gasteiger partial charge in [-0.1, -0.05) is 12.1 Å². The summed E-state index contributed by atoms with van der Waals surface area (Å²) in [6.45, 7) is 5.46. The lowest BCUT2D eigenvalue weighted by molar-refractivity contribution is -0.157. The summed E-state index contributed by atoms with van der Waals surface area (Å²) in [4.78, 5) is 31.3. The fourth-order valence-electron chi connectivity index (χ4n) is 4.50. The quantitative estimate of drug-likeness (QED) is 0.857. The number of piperidine rings is 1. The molecule has 4 rings (SSSR count). The summed E-state index contributed by atoms with van der Waals surface area (Å²) < 4.78 is 0. The lowest BCUT2D eigenvalue weighted by Gasteiger charge is -2.36. The van der Waals surface area contributed by atoms with Gasteiger partial charge in [0.2, 0.25) is 5.91 Å². The summed E-state index contributed by atoms with van der Waals surface area (Å²) in [5.41, 5.74) is 3.82. The van der Waals surface area contributed by atoms with Crippen LogP contribution < -0.4 is 5.32 Å². The van der Waals surface area contributed by atoms with Gasteiger partial charge in [0.15, 0.2) is 5.78 Å². The first-order chi connectivity index (χ1) is 11.9. The zero-order valence-corrected chi connectivity index (χ0v) is 15.2. The number of nitrogens with one attached hydrogen (secondary N) is 1. The van der Waals surface area contributed by atoms with Crippen molar-refractivity contribution < 1.29 is 14.4 Å². The molecule has 1 spiro atoms. The molecule has 3 fully saturated rings. The van der Waals surface area contributed by atoms with Gasteiger partial charge in [-0.05, 0) is 67.7 Å². The Morgan fingerprint density at radius 2 is 1.72 bits per heavy atom. The van der Waals surface area contributed by atoms with E-state index in [-0.39, 0.29) is 11.7 Å². The number of hydrogen-bond acceptors (Lipinski definition) is 4. The van der Waals surface area contributed by atoms with Crippen molar-refractivity contribution in [2.45, 2.75) is 56.9 Å². The third kappa shape index (κ3) is 2.70. The number of hydrogen-bond donors (Lipinski definition) is 1. The molecule has 5 heteroatoms. The van der Waals surface area contributed by atoms with Gasteiger partial charge in [0, 0.05) is 13.1 Å². The maximum absolute atomic E-state index is 13.3. The molecule has 1 aromatic rings. The van der Waals surface area contributed by atoms with Crippen LogP contribution in [0.1, 0.15) is 59.8 Å².